The van der Waals surface area contributed by atoms with Crippen LogP contribution in [-0.4, -0.2) is 17.4 Å². The van der Waals surface area contributed by atoms with Gasteiger partial charge in [-0.2, -0.15) is 0 Å². The number of benzene rings is 1. The van der Waals surface area contributed by atoms with E-state index >= 15 is 0 Å². The fraction of sp³-hybridized carbons (Fsp3) is 0.526. The SMILES string of the molecule is CC(C)=CCC[C@@]1(C)[C@@H]2C(=O)N(Cc3ccccc3)C[C@@H]21. The highest BCUT2D eigenvalue weighted by atomic mass is 16.2. The van der Waals surface area contributed by atoms with Gasteiger partial charge in [0, 0.05) is 19.0 Å². The highest BCUT2D eigenvalue weighted by molar-refractivity contribution is 5.86. The molecule has 2 heteroatoms. The summed E-state index contributed by atoms with van der Waals surface area (Å²) in [6.45, 7) is 8.31. The first kappa shape index (κ1) is 14.4. The third kappa shape index (κ3) is 2.64. The van der Waals surface area contributed by atoms with Crippen LogP contribution in [0.25, 0.3) is 0 Å². The van der Waals surface area contributed by atoms with E-state index in [2.05, 4.69) is 39.0 Å². The number of fused-ring (bicyclic) bond motifs is 1. The molecule has 0 bridgehead atoms. The molecular formula is C19H25NO. The van der Waals surface area contributed by atoms with Gasteiger partial charge in [0.15, 0.2) is 0 Å². The molecule has 1 saturated heterocycles. The number of carbonyl (C=O) groups excluding carboxylic acids is 1. The Kier molecular flexibility index (Phi) is 3.64. The van der Waals surface area contributed by atoms with Crippen molar-refractivity contribution in [2.24, 2.45) is 17.3 Å². The minimum absolute atomic E-state index is 0.260. The monoisotopic (exact) mass is 283 g/mol. The van der Waals surface area contributed by atoms with Crippen LogP contribution in [0.5, 0.6) is 0 Å². The zero-order chi connectivity index (χ0) is 15.0. The van der Waals surface area contributed by atoms with E-state index in [1.165, 1.54) is 11.1 Å². The maximum atomic E-state index is 12.6. The lowest BCUT2D eigenvalue weighted by atomic mass is 9.95. The van der Waals surface area contributed by atoms with Crippen molar-refractivity contribution < 1.29 is 4.79 Å². The molecule has 0 spiro atoms. The van der Waals surface area contributed by atoms with Gasteiger partial charge in [-0.15, -0.1) is 0 Å². The lowest BCUT2D eigenvalue weighted by Gasteiger charge is -2.24. The van der Waals surface area contributed by atoms with E-state index in [-0.39, 0.29) is 11.3 Å². The van der Waals surface area contributed by atoms with Crippen molar-refractivity contribution in [3.05, 3.63) is 47.5 Å². The maximum Gasteiger partial charge on any atom is 0.226 e. The van der Waals surface area contributed by atoms with Crippen LogP contribution >= 0.6 is 0 Å². The molecule has 0 aromatic heterocycles. The van der Waals surface area contributed by atoms with Gasteiger partial charge in [-0.3, -0.25) is 4.79 Å². The van der Waals surface area contributed by atoms with Gasteiger partial charge in [0.2, 0.25) is 5.91 Å². The zero-order valence-electron chi connectivity index (χ0n) is 13.3. The Balaban J connectivity index is 1.58. The Morgan fingerprint density at radius 1 is 1.33 bits per heavy atom. The first-order valence-corrected chi connectivity index (χ1v) is 7.98. The van der Waals surface area contributed by atoms with E-state index in [9.17, 15) is 4.79 Å². The first-order chi connectivity index (χ1) is 10.0. The number of rotatable bonds is 5. The van der Waals surface area contributed by atoms with Gasteiger partial charge in [0.25, 0.3) is 0 Å². The highest BCUT2D eigenvalue weighted by Crippen LogP contribution is 2.65. The van der Waals surface area contributed by atoms with E-state index in [0.717, 1.165) is 25.9 Å². The van der Waals surface area contributed by atoms with Gasteiger partial charge < -0.3 is 4.90 Å². The van der Waals surface area contributed by atoms with Gasteiger partial charge in [0.1, 0.15) is 0 Å². The quantitative estimate of drug-likeness (QED) is 0.747. The lowest BCUT2D eigenvalue weighted by molar-refractivity contribution is -0.132. The second-order valence-electron chi connectivity index (χ2n) is 7.11. The minimum Gasteiger partial charge on any atom is -0.338 e. The van der Waals surface area contributed by atoms with Crippen LogP contribution in [0.4, 0.5) is 0 Å². The predicted octanol–water partition coefficient (Wildman–Crippen LogP) is 4.03. The first-order valence-electron chi connectivity index (χ1n) is 7.98. The Bertz CT molecular complexity index is 558. The molecule has 1 aromatic rings. The molecule has 21 heavy (non-hydrogen) atoms. The van der Waals surface area contributed by atoms with E-state index in [1.54, 1.807) is 0 Å². The molecule has 1 aliphatic heterocycles. The summed E-state index contributed by atoms with van der Waals surface area (Å²) >= 11 is 0. The van der Waals surface area contributed by atoms with Gasteiger partial charge in [-0.25, -0.2) is 0 Å². The van der Waals surface area contributed by atoms with Crippen molar-refractivity contribution in [2.75, 3.05) is 6.54 Å². The van der Waals surface area contributed by atoms with Crippen molar-refractivity contribution in [3.8, 4) is 0 Å². The largest absolute Gasteiger partial charge is 0.338 e. The third-order valence-electron chi connectivity index (χ3n) is 5.30. The minimum atomic E-state index is 0.260. The van der Waals surface area contributed by atoms with Crippen molar-refractivity contribution in [1.82, 2.24) is 4.90 Å². The third-order valence-corrected chi connectivity index (χ3v) is 5.30. The van der Waals surface area contributed by atoms with Crippen LogP contribution in [0, 0.1) is 17.3 Å². The predicted molar refractivity (Wildman–Crippen MR) is 85.6 cm³/mol. The molecule has 1 aliphatic carbocycles. The second-order valence-corrected chi connectivity index (χ2v) is 7.11. The average Bonchev–Trinajstić information content (AvgIpc) is 2.85. The molecule has 0 N–H and O–H groups in total. The Morgan fingerprint density at radius 3 is 2.62 bits per heavy atom. The van der Waals surface area contributed by atoms with Gasteiger partial charge >= 0.3 is 0 Å². The molecule has 1 amide bonds. The van der Waals surface area contributed by atoms with E-state index in [1.807, 2.05) is 23.1 Å². The molecule has 112 valence electrons. The smallest absolute Gasteiger partial charge is 0.226 e. The van der Waals surface area contributed by atoms with Crippen LogP contribution in [-0.2, 0) is 11.3 Å². The molecule has 0 radical (unpaired) electrons. The highest BCUT2D eigenvalue weighted by Gasteiger charge is 2.68. The molecule has 0 unspecified atom stereocenters. The van der Waals surface area contributed by atoms with Crippen LogP contribution in [0.3, 0.4) is 0 Å². The number of amides is 1. The van der Waals surface area contributed by atoms with E-state index in [0.29, 0.717) is 11.8 Å². The molecule has 1 aromatic carbocycles. The molecular weight excluding hydrogens is 258 g/mol. The van der Waals surface area contributed by atoms with Crippen LogP contribution in [0.1, 0.15) is 39.2 Å². The number of hydrogen-bond acceptors (Lipinski definition) is 1. The number of allylic oxidation sites excluding steroid dienone is 2. The van der Waals surface area contributed by atoms with Crippen molar-refractivity contribution in [1.29, 1.82) is 0 Å². The molecule has 2 fully saturated rings. The topological polar surface area (TPSA) is 20.3 Å². The van der Waals surface area contributed by atoms with Crippen LogP contribution in [0.2, 0.25) is 0 Å². The Hall–Kier alpha value is -1.57. The summed E-state index contributed by atoms with van der Waals surface area (Å²) in [5.41, 5.74) is 2.87. The number of carbonyl (C=O) groups is 1. The van der Waals surface area contributed by atoms with Crippen molar-refractivity contribution in [2.45, 2.75) is 40.2 Å². The summed E-state index contributed by atoms with van der Waals surface area (Å²) < 4.78 is 0. The summed E-state index contributed by atoms with van der Waals surface area (Å²) in [5, 5.41) is 0. The maximum absolute atomic E-state index is 12.6. The average molecular weight is 283 g/mol. The molecule has 1 heterocycles. The Morgan fingerprint density at radius 2 is 2.05 bits per heavy atom. The van der Waals surface area contributed by atoms with Gasteiger partial charge in [-0.05, 0) is 43.6 Å². The van der Waals surface area contributed by atoms with Gasteiger partial charge in [0.05, 0.1) is 0 Å². The summed E-state index contributed by atoms with van der Waals surface area (Å²) in [5.74, 6) is 1.25. The normalized spacial score (nSPS) is 30.2. The number of nitrogens with zero attached hydrogens (tertiary/aromatic N) is 1. The van der Waals surface area contributed by atoms with Crippen molar-refractivity contribution >= 4 is 5.91 Å². The molecule has 3 rings (SSSR count). The number of piperidine rings is 1. The zero-order valence-corrected chi connectivity index (χ0v) is 13.3. The summed E-state index contributed by atoms with van der Waals surface area (Å²) in [4.78, 5) is 14.6. The second kappa shape index (κ2) is 5.32. The van der Waals surface area contributed by atoms with Crippen LogP contribution < -0.4 is 0 Å². The molecule has 3 atom stereocenters. The number of hydrogen-bond donors (Lipinski definition) is 0. The van der Waals surface area contributed by atoms with Crippen LogP contribution in [0.15, 0.2) is 42.0 Å². The standard InChI is InChI=1S/C19H25NO/c1-14(2)8-7-11-19(3)16-13-20(18(21)17(16)19)12-15-9-5-4-6-10-15/h4-6,8-10,16-17H,7,11-13H2,1-3H3/t16-,17-,19+/m0/s1. The van der Waals surface area contributed by atoms with Crippen molar-refractivity contribution in [3.63, 3.8) is 0 Å². The lowest BCUT2D eigenvalue weighted by Crippen LogP contribution is -2.32. The Labute approximate surface area is 127 Å². The number of likely N-dealkylation sites (tertiary alicyclic amines) is 1. The fourth-order valence-electron chi connectivity index (χ4n) is 3.91. The fourth-order valence-corrected chi connectivity index (χ4v) is 3.91. The van der Waals surface area contributed by atoms with Gasteiger partial charge in [-0.1, -0.05) is 48.9 Å². The van der Waals surface area contributed by atoms with E-state index < -0.39 is 0 Å². The summed E-state index contributed by atoms with van der Waals surface area (Å²) in [7, 11) is 0. The summed E-state index contributed by atoms with van der Waals surface area (Å²) in [6.07, 6.45) is 4.56. The van der Waals surface area contributed by atoms with E-state index in [4.69, 9.17) is 0 Å². The molecule has 2 nitrogen and oxygen atoms in total. The molecule has 1 saturated carbocycles. The summed E-state index contributed by atoms with van der Waals surface area (Å²) in [6, 6.07) is 10.3. The molecule has 2 aliphatic rings.